The van der Waals surface area contributed by atoms with Crippen molar-refractivity contribution >= 4 is 17.7 Å². The quantitative estimate of drug-likeness (QED) is 0.862. The Balaban J connectivity index is 1.79. The van der Waals surface area contributed by atoms with E-state index >= 15 is 0 Å². The molecule has 2 aliphatic rings. The van der Waals surface area contributed by atoms with Gasteiger partial charge >= 0.3 is 0 Å². The Morgan fingerprint density at radius 3 is 3.05 bits per heavy atom. The summed E-state index contributed by atoms with van der Waals surface area (Å²) in [6.07, 6.45) is 0.931. The number of ether oxygens (including phenoxy) is 1. The number of aromatic nitrogens is 2. The average Bonchev–Trinajstić information content (AvgIpc) is 2.96. The van der Waals surface area contributed by atoms with Gasteiger partial charge in [0.25, 0.3) is 5.91 Å². The van der Waals surface area contributed by atoms with Crippen LogP contribution in [0.4, 0.5) is 0 Å². The van der Waals surface area contributed by atoms with Crippen LogP contribution in [0.5, 0.6) is 0 Å². The highest BCUT2D eigenvalue weighted by Crippen LogP contribution is 2.31. The summed E-state index contributed by atoms with van der Waals surface area (Å²) in [7, 11) is 0. The van der Waals surface area contributed by atoms with Crippen LogP contribution in [0.3, 0.4) is 0 Å². The largest absolute Gasteiger partial charge is 0.380 e. The second-order valence-electron chi connectivity index (χ2n) is 6.76. The highest BCUT2D eigenvalue weighted by atomic mass is 32.2. The van der Waals surface area contributed by atoms with Crippen molar-refractivity contribution in [1.82, 2.24) is 15.1 Å². The first-order valence-electron chi connectivity index (χ1n) is 7.53. The molecule has 0 spiro atoms. The minimum Gasteiger partial charge on any atom is -0.380 e. The Kier molecular flexibility index (Phi) is 4.01. The van der Waals surface area contributed by atoms with Gasteiger partial charge < -0.3 is 9.64 Å². The summed E-state index contributed by atoms with van der Waals surface area (Å²) in [6, 6.07) is 2.19. The van der Waals surface area contributed by atoms with E-state index in [1.807, 2.05) is 22.7 Å². The maximum absolute atomic E-state index is 12.8. The van der Waals surface area contributed by atoms with E-state index in [1.165, 1.54) is 0 Å². The fourth-order valence-electron chi connectivity index (χ4n) is 2.90. The third kappa shape index (κ3) is 2.97. The highest BCUT2D eigenvalue weighted by molar-refractivity contribution is 8.00. The van der Waals surface area contributed by atoms with E-state index in [0.29, 0.717) is 17.0 Å². The van der Waals surface area contributed by atoms with Crippen LogP contribution in [0.1, 0.15) is 43.4 Å². The predicted octanol–water partition coefficient (Wildman–Crippen LogP) is 2.05. The van der Waals surface area contributed by atoms with Gasteiger partial charge in [-0.1, -0.05) is 20.8 Å². The Morgan fingerprint density at radius 2 is 2.33 bits per heavy atom. The number of carbonyl (C=O) groups excluding carboxylic acids is 1. The summed E-state index contributed by atoms with van der Waals surface area (Å²) >= 11 is 1.93. The lowest BCUT2D eigenvalue weighted by atomic mass is 9.92. The number of nitrogens with zero attached hydrogens (tertiary/aromatic N) is 2. The van der Waals surface area contributed by atoms with Gasteiger partial charge in [-0.2, -0.15) is 16.9 Å². The lowest BCUT2D eigenvalue weighted by Crippen LogP contribution is -2.54. The normalized spacial score (nSPS) is 26.5. The molecular weight excluding hydrogens is 286 g/mol. The number of carbonyl (C=O) groups is 1. The molecule has 0 unspecified atom stereocenters. The molecule has 0 radical (unpaired) electrons. The molecule has 0 aliphatic carbocycles. The number of hydrogen-bond donors (Lipinski definition) is 1. The molecule has 0 aromatic carbocycles. The van der Waals surface area contributed by atoms with Crippen molar-refractivity contribution in [2.45, 2.75) is 43.9 Å². The summed E-state index contributed by atoms with van der Waals surface area (Å²) in [5.74, 6) is 1.03. The van der Waals surface area contributed by atoms with Gasteiger partial charge in [0, 0.05) is 41.3 Å². The van der Waals surface area contributed by atoms with E-state index in [-0.39, 0.29) is 11.3 Å². The minimum absolute atomic E-state index is 0.0233. The highest BCUT2D eigenvalue weighted by Gasteiger charge is 2.38. The SMILES string of the molecule is CC(C)(C)c1cc(C(=O)N2CCS[C@H]3COCC[C@@H]32)n[nH]1. The van der Waals surface area contributed by atoms with E-state index in [1.54, 1.807) is 0 Å². The van der Waals surface area contributed by atoms with Crippen LogP contribution in [0.2, 0.25) is 0 Å². The molecule has 5 nitrogen and oxygen atoms in total. The van der Waals surface area contributed by atoms with Crippen LogP contribution in [0, 0.1) is 0 Å². The fraction of sp³-hybridized carbons (Fsp3) is 0.733. The second kappa shape index (κ2) is 5.65. The van der Waals surface area contributed by atoms with Crippen molar-refractivity contribution in [1.29, 1.82) is 0 Å². The van der Waals surface area contributed by atoms with Gasteiger partial charge in [0.1, 0.15) is 5.69 Å². The zero-order valence-corrected chi connectivity index (χ0v) is 13.7. The van der Waals surface area contributed by atoms with Gasteiger partial charge in [0.2, 0.25) is 0 Å². The topological polar surface area (TPSA) is 58.2 Å². The van der Waals surface area contributed by atoms with Crippen molar-refractivity contribution in [2.75, 3.05) is 25.5 Å². The van der Waals surface area contributed by atoms with Crippen molar-refractivity contribution in [2.24, 2.45) is 0 Å². The molecule has 2 atom stereocenters. The molecule has 2 saturated heterocycles. The molecular formula is C15H23N3O2S. The molecule has 2 fully saturated rings. The standard InChI is InChI=1S/C15H23N3O2S/c1-15(2,3)13-8-10(16-17-13)14(19)18-5-7-21-12-9-20-6-4-11(12)18/h8,11-12H,4-7,9H2,1-3H3,(H,16,17)/t11-,12-/m0/s1. The molecule has 0 bridgehead atoms. The van der Waals surface area contributed by atoms with E-state index in [9.17, 15) is 4.79 Å². The van der Waals surface area contributed by atoms with Gasteiger partial charge in [-0.15, -0.1) is 0 Å². The number of thioether (sulfide) groups is 1. The van der Waals surface area contributed by atoms with E-state index in [0.717, 1.165) is 37.6 Å². The van der Waals surface area contributed by atoms with Gasteiger partial charge in [-0.25, -0.2) is 0 Å². The average molecular weight is 309 g/mol. The lowest BCUT2D eigenvalue weighted by Gasteiger charge is -2.43. The maximum atomic E-state index is 12.8. The summed E-state index contributed by atoms with van der Waals surface area (Å²) in [5, 5.41) is 7.67. The summed E-state index contributed by atoms with van der Waals surface area (Å²) in [5.41, 5.74) is 1.52. The number of aromatic amines is 1. The second-order valence-corrected chi connectivity index (χ2v) is 8.10. The molecule has 21 heavy (non-hydrogen) atoms. The third-order valence-corrected chi connectivity index (χ3v) is 5.50. The van der Waals surface area contributed by atoms with E-state index < -0.39 is 0 Å². The smallest absolute Gasteiger partial charge is 0.274 e. The third-order valence-electron chi connectivity index (χ3n) is 4.20. The van der Waals surface area contributed by atoms with Crippen LogP contribution < -0.4 is 0 Å². The summed E-state index contributed by atoms with van der Waals surface area (Å²) < 4.78 is 5.54. The zero-order chi connectivity index (χ0) is 15.0. The number of fused-ring (bicyclic) bond motifs is 1. The number of H-pyrrole nitrogens is 1. The molecule has 1 N–H and O–H groups in total. The molecule has 3 heterocycles. The molecule has 1 aromatic heterocycles. The maximum Gasteiger partial charge on any atom is 0.274 e. The van der Waals surface area contributed by atoms with Crippen molar-refractivity contribution in [3.8, 4) is 0 Å². The summed E-state index contributed by atoms with van der Waals surface area (Å²) in [6.45, 7) is 8.65. The number of rotatable bonds is 1. The number of hydrogen-bond acceptors (Lipinski definition) is 4. The molecule has 2 aliphatic heterocycles. The first kappa shape index (κ1) is 14.9. The first-order chi connectivity index (χ1) is 9.97. The zero-order valence-electron chi connectivity index (χ0n) is 12.9. The molecule has 1 amide bonds. The van der Waals surface area contributed by atoms with Crippen LogP contribution >= 0.6 is 11.8 Å². The van der Waals surface area contributed by atoms with Gasteiger partial charge in [-0.3, -0.25) is 9.89 Å². The molecule has 0 saturated carbocycles. The van der Waals surface area contributed by atoms with Crippen LogP contribution in [0.25, 0.3) is 0 Å². The number of amides is 1. The van der Waals surface area contributed by atoms with Crippen LogP contribution in [-0.4, -0.2) is 57.8 Å². The van der Waals surface area contributed by atoms with Crippen LogP contribution in [-0.2, 0) is 10.2 Å². The predicted molar refractivity (Wildman–Crippen MR) is 83.8 cm³/mol. The van der Waals surface area contributed by atoms with Gasteiger partial charge in [0.15, 0.2) is 0 Å². The van der Waals surface area contributed by atoms with Crippen LogP contribution in [0.15, 0.2) is 6.07 Å². The Bertz CT molecular complexity index is 521. The van der Waals surface area contributed by atoms with Crippen molar-refractivity contribution < 1.29 is 9.53 Å². The Morgan fingerprint density at radius 1 is 1.52 bits per heavy atom. The first-order valence-corrected chi connectivity index (χ1v) is 8.58. The van der Waals surface area contributed by atoms with Crippen molar-refractivity contribution in [3.05, 3.63) is 17.5 Å². The van der Waals surface area contributed by atoms with E-state index in [4.69, 9.17) is 4.74 Å². The monoisotopic (exact) mass is 309 g/mol. The molecule has 6 heteroatoms. The van der Waals surface area contributed by atoms with Gasteiger partial charge in [0.05, 0.1) is 6.61 Å². The van der Waals surface area contributed by atoms with Crippen molar-refractivity contribution in [3.63, 3.8) is 0 Å². The van der Waals surface area contributed by atoms with Gasteiger partial charge in [-0.05, 0) is 12.5 Å². The summed E-state index contributed by atoms with van der Waals surface area (Å²) in [4.78, 5) is 14.8. The lowest BCUT2D eigenvalue weighted by molar-refractivity contribution is 0.0315. The fourth-order valence-corrected chi connectivity index (χ4v) is 4.20. The van der Waals surface area contributed by atoms with E-state index in [2.05, 4.69) is 31.0 Å². The molecule has 116 valence electrons. The molecule has 3 rings (SSSR count). The number of nitrogens with one attached hydrogen (secondary N) is 1. The Hall–Kier alpha value is -1.01. The molecule has 1 aromatic rings. The minimum atomic E-state index is -0.0233. The Labute approximate surface area is 129 Å².